The summed E-state index contributed by atoms with van der Waals surface area (Å²) in [7, 11) is 2.24. The highest BCUT2D eigenvalue weighted by atomic mass is 15.1. The molecule has 2 nitrogen and oxygen atoms in total. The van der Waals surface area contributed by atoms with Gasteiger partial charge < -0.3 is 10.2 Å². The molecule has 1 fully saturated rings. The monoisotopic (exact) mass is 198 g/mol. The number of hydrogen-bond acceptors (Lipinski definition) is 2. The zero-order valence-corrected chi connectivity index (χ0v) is 10.1. The molecule has 1 atom stereocenters. The van der Waals surface area contributed by atoms with E-state index < -0.39 is 0 Å². The SMILES string of the molecule is CCCCCN(C)C(C)CNC1CC1. The summed E-state index contributed by atoms with van der Waals surface area (Å²) in [6, 6.07) is 1.54. The quantitative estimate of drug-likeness (QED) is 0.602. The van der Waals surface area contributed by atoms with Gasteiger partial charge in [-0.05, 0) is 39.8 Å². The molecule has 2 heteroatoms. The lowest BCUT2D eigenvalue weighted by Gasteiger charge is -2.24. The van der Waals surface area contributed by atoms with Crippen LogP contribution < -0.4 is 5.32 Å². The molecule has 0 aromatic rings. The summed E-state index contributed by atoms with van der Waals surface area (Å²) in [6.07, 6.45) is 6.83. The van der Waals surface area contributed by atoms with Crippen LogP contribution in [-0.4, -0.2) is 37.1 Å². The van der Waals surface area contributed by atoms with Gasteiger partial charge in [0.1, 0.15) is 0 Å². The van der Waals surface area contributed by atoms with Crippen LogP contribution >= 0.6 is 0 Å². The molecule has 14 heavy (non-hydrogen) atoms. The van der Waals surface area contributed by atoms with Gasteiger partial charge in [0, 0.05) is 18.6 Å². The Morgan fingerprint density at radius 3 is 2.64 bits per heavy atom. The highest BCUT2D eigenvalue weighted by molar-refractivity contribution is 4.82. The predicted molar refractivity (Wildman–Crippen MR) is 62.6 cm³/mol. The minimum atomic E-state index is 0.687. The summed E-state index contributed by atoms with van der Waals surface area (Å²) in [5.74, 6) is 0. The maximum absolute atomic E-state index is 3.59. The summed E-state index contributed by atoms with van der Waals surface area (Å²) in [6.45, 7) is 6.99. The summed E-state index contributed by atoms with van der Waals surface area (Å²) in [5.41, 5.74) is 0. The fourth-order valence-electron chi connectivity index (χ4n) is 1.61. The van der Waals surface area contributed by atoms with Crippen LogP contribution in [0.1, 0.15) is 46.0 Å². The lowest BCUT2D eigenvalue weighted by molar-refractivity contribution is 0.245. The van der Waals surface area contributed by atoms with Crippen molar-refractivity contribution >= 4 is 0 Å². The van der Waals surface area contributed by atoms with Crippen LogP contribution in [0.3, 0.4) is 0 Å². The normalized spacial score (nSPS) is 18.9. The first-order valence-corrected chi connectivity index (χ1v) is 6.17. The first-order valence-electron chi connectivity index (χ1n) is 6.17. The van der Waals surface area contributed by atoms with Crippen molar-refractivity contribution in [3.8, 4) is 0 Å². The van der Waals surface area contributed by atoms with Crippen LogP contribution in [0.25, 0.3) is 0 Å². The fourth-order valence-corrected chi connectivity index (χ4v) is 1.61. The van der Waals surface area contributed by atoms with Gasteiger partial charge >= 0.3 is 0 Å². The van der Waals surface area contributed by atoms with Gasteiger partial charge in [0.05, 0.1) is 0 Å². The third-order valence-electron chi connectivity index (χ3n) is 3.15. The molecular weight excluding hydrogens is 172 g/mol. The average Bonchev–Trinajstić information content (AvgIpc) is 2.98. The zero-order chi connectivity index (χ0) is 10.4. The summed E-state index contributed by atoms with van der Waals surface area (Å²) < 4.78 is 0. The smallest absolute Gasteiger partial charge is 0.0189 e. The van der Waals surface area contributed by atoms with E-state index in [2.05, 4.69) is 31.1 Å². The van der Waals surface area contributed by atoms with E-state index in [4.69, 9.17) is 0 Å². The van der Waals surface area contributed by atoms with E-state index in [9.17, 15) is 0 Å². The van der Waals surface area contributed by atoms with E-state index in [0.29, 0.717) is 6.04 Å². The van der Waals surface area contributed by atoms with Gasteiger partial charge in [-0.15, -0.1) is 0 Å². The molecule has 1 aliphatic carbocycles. The van der Waals surface area contributed by atoms with Crippen LogP contribution in [0, 0.1) is 0 Å². The Morgan fingerprint density at radius 1 is 1.36 bits per heavy atom. The van der Waals surface area contributed by atoms with E-state index in [0.717, 1.165) is 12.6 Å². The summed E-state index contributed by atoms with van der Waals surface area (Å²) in [4.78, 5) is 2.48. The van der Waals surface area contributed by atoms with Crippen LogP contribution in [0.4, 0.5) is 0 Å². The van der Waals surface area contributed by atoms with E-state index >= 15 is 0 Å². The third-order valence-corrected chi connectivity index (χ3v) is 3.15. The van der Waals surface area contributed by atoms with Gasteiger partial charge in [0.25, 0.3) is 0 Å². The van der Waals surface area contributed by atoms with Gasteiger partial charge in [0.2, 0.25) is 0 Å². The number of nitrogens with zero attached hydrogens (tertiary/aromatic N) is 1. The maximum atomic E-state index is 3.59. The Kier molecular flexibility index (Phi) is 5.49. The number of rotatable bonds is 8. The Labute approximate surface area is 89.1 Å². The Hall–Kier alpha value is -0.0800. The number of hydrogen-bond donors (Lipinski definition) is 1. The zero-order valence-electron chi connectivity index (χ0n) is 10.1. The molecule has 0 aromatic heterocycles. The third kappa shape index (κ3) is 4.97. The van der Waals surface area contributed by atoms with Crippen LogP contribution in [0.15, 0.2) is 0 Å². The Balaban J connectivity index is 1.98. The Morgan fingerprint density at radius 2 is 2.07 bits per heavy atom. The van der Waals surface area contributed by atoms with Crippen molar-refractivity contribution in [3.05, 3.63) is 0 Å². The van der Waals surface area contributed by atoms with E-state index in [-0.39, 0.29) is 0 Å². The molecular formula is C12H26N2. The lowest BCUT2D eigenvalue weighted by Crippen LogP contribution is -2.39. The van der Waals surface area contributed by atoms with Crippen molar-refractivity contribution in [1.29, 1.82) is 0 Å². The molecule has 0 aromatic carbocycles. The van der Waals surface area contributed by atoms with Gasteiger partial charge in [-0.3, -0.25) is 0 Å². The van der Waals surface area contributed by atoms with Crippen molar-refractivity contribution in [1.82, 2.24) is 10.2 Å². The molecule has 1 rings (SSSR count). The molecule has 1 saturated carbocycles. The van der Waals surface area contributed by atoms with Crippen LogP contribution in [0.2, 0.25) is 0 Å². The molecule has 0 spiro atoms. The largest absolute Gasteiger partial charge is 0.312 e. The molecule has 1 unspecified atom stereocenters. The van der Waals surface area contributed by atoms with Crippen LogP contribution in [0.5, 0.6) is 0 Å². The van der Waals surface area contributed by atoms with E-state index in [1.165, 1.54) is 38.6 Å². The predicted octanol–water partition coefficient (Wildman–Crippen LogP) is 2.25. The number of likely N-dealkylation sites (N-methyl/N-ethyl adjacent to an activating group) is 1. The van der Waals surface area contributed by atoms with Crippen molar-refractivity contribution in [2.24, 2.45) is 0 Å². The average molecular weight is 198 g/mol. The van der Waals surface area contributed by atoms with Crippen molar-refractivity contribution < 1.29 is 0 Å². The molecule has 0 bridgehead atoms. The molecule has 0 radical (unpaired) electrons. The minimum absolute atomic E-state index is 0.687. The van der Waals surface area contributed by atoms with Gasteiger partial charge in [0.15, 0.2) is 0 Å². The van der Waals surface area contributed by atoms with E-state index in [1.807, 2.05) is 0 Å². The van der Waals surface area contributed by atoms with E-state index in [1.54, 1.807) is 0 Å². The van der Waals surface area contributed by atoms with Gasteiger partial charge in [-0.25, -0.2) is 0 Å². The standard InChI is InChI=1S/C12H26N2/c1-4-5-6-9-14(3)11(2)10-13-12-7-8-12/h11-13H,4-10H2,1-3H3. The lowest BCUT2D eigenvalue weighted by atomic mass is 10.2. The topological polar surface area (TPSA) is 15.3 Å². The molecule has 0 amide bonds. The van der Waals surface area contributed by atoms with Gasteiger partial charge in [-0.2, -0.15) is 0 Å². The molecule has 0 saturated heterocycles. The maximum Gasteiger partial charge on any atom is 0.0189 e. The number of unbranched alkanes of at least 4 members (excludes halogenated alkanes) is 2. The molecule has 84 valence electrons. The highest BCUT2D eigenvalue weighted by Gasteiger charge is 2.21. The molecule has 1 aliphatic rings. The van der Waals surface area contributed by atoms with Crippen molar-refractivity contribution in [2.45, 2.75) is 58.0 Å². The second-order valence-corrected chi connectivity index (χ2v) is 4.72. The second kappa shape index (κ2) is 6.41. The summed E-state index contributed by atoms with van der Waals surface area (Å²) >= 11 is 0. The fraction of sp³-hybridized carbons (Fsp3) is 1.00. The summed E-state index contributed by atoms with van der Waals surface area (Å²) in [5, 5.41) is 3.59. The molecule has 0 aliphatic heterocycles. The molecule has 0 heterocycles. The van der Waals surface area contributed by atoms with Crippen molar-refractivity contribution in [2.75, 3.05) is 20.1 Å². The first kappa shape index (κ1) is 12.0. The first-order chi connectivity index (χ1) is 6.74. The second-order valence-electron chi connectivity index (χ2n) is 4.72. The Bertz CT molecular complexity index is 143. The van der Waals surface area contributed by atoms with Crippen molar-refractivity contribution in [3.63, 3.8) is 0 Å². The minimum Gasteiger partial charge on any atom is -0.312 e. The number of nitrogens with one attached hydrogen (secondary N) is 1. The molecule has 1 N–H and O–H groups in total. The van der Waals surface area contributed by atoms with Crippen LogP contribution in [-0.2, 0) is 0 Å². The van der Waals surface area contributed by atoms with Gasteiger partial charge in [-0.1, -0.05) is 19.8 Å². The highest BCUT2D eigenvalue weighted by Crippen LogP contribution is 2.18.